The molecule has 1 aromatic heterocycles. The molecule has 0 bridgehead atoms. The van der Waals surface area contributed by atoms with Crippen LogP contribution in [0.2, 0.25) is 0 Å². The maximum absolute atomic E-state index is 13.2. The molecule has 2 nitrogen and oxygen atoms in total. The monoisotopic (exact) mass is 308 g/mol. The molecule has 112 valence electrons. The van der Waals surface area contributed by atoms with Gasteiger partial charge in [-0.2, -0.15) is 0 Å². The van der Waals surface area contributed by atoms with Gasteiger partial charge < -0.3 is 0 Å². The third-order valence-corrected chi connectivity index (χ3v) is 4.68. The van der Waals surface area contributed by atoms with Crippen LogP contribution in [0.4, 0.5) is 8.78 Å². The van der Waals surface area contributed by atoms with E-state index in [1.807, 2.05) is 0 Å². The van der Waals surface area contributed by atoms with Gasteiger partial charge in [-0.1, -0.05) is 12.1 Å². The fourth-order valence-corrected chi connectivity index (χ4v) is 3.37. The van der Waals surface area contributed by atoms with Crippen molar-refractivity contribution in [2.45, 2.75) is 13.1 Å². The van der Waals surface area contributed by atoms with E-state index in [4.69, 9.17) is 0 Å². The Morgan fingerprint density at radius 1 is 0.905 bits per heavy atom. The van der Waals surface area contributed by atoms with Crippen LogP contribution in [0.5, 0.6) is 0 Å². The number of nitrogens with zero attached hydrogens (tertiary/aromatic N) is 2. The lowest BCUT2D eigenvalue weighted by molar-refractivity contribution is 0.122. The van der Waals surface area contributed by atoms with E-state index >= 15 is 0 Å². The Morgan fingerprint density at radius 3 is 2.24 bits per heavy atom. The first-order chi connectivity index (χ1) is 10.2. The van der Waals surface area contributed by atoms with E-state index in [-0.39, 0.29) is 0 Å². The molecule has 5 heteroatoms. The Bertz CT molecular complexity index is 578. The summed E-state index contributed by atoms with van der Waals surface area (Å²) in [6.07, 6.45) is 0. The summed E-state index contributed by atoms with van der Waals surface area (Å²) < 4.78 is 26.1. The Labute approximate surface area is 127 Å². The van der Waals surface area contributed by atoms with Gasteiger partial charge in [-0.3, -0.25) is 9.80 Å². The van der Waals surface area contributed by atoms with Gasteiger partial charge in [0.1, 0.15) is 0 Å². The summed E-state index contributed by atoms with van der Waals surface area (Å²) in [5, 5.41) is 2.11. The molecule has 0 atom stereocenters. The number of benzene rings is 1. The van der Waals surface area contributed by atoms with Gasteiger partial charge in [-0.15, -0.1) is 11.3 Å². The van der Waals surface area contributed by atoms with Gasteiger partial charge in [-0.25, -0.2) is 8.78 Å². The van der Waals surface area contributed by atoms with Gasteiger partial charge >= 0.3 is 0 Å². The van der Waals surface area contributed by atoms with E-state index in [0.717, 1.165) is 38.3 Å². The highest BCUT2D eigenvalue weighted by molar-refractivity contribution is 7.09. The maximum atomic E-state index is 13.2. The normalized spacial score (nSPS) is 17.2. The minimum absolute atomic E-state index is 0.685. The molecule has 0 aliphatic carbocycles. The van der Waals surface area contributed by atoms with E-state index in [1.165, 1.54) is 17.0 Å². The molecule has 1 fully saturated rings. The largest absolute Gasteiger partial charge is 0.297 e. The second-order valence-electron chi connectivity index (χ2n) is 5.38. The smallest absolute Gasteiger partial charge is 0.159 e. The van der Waals surface area contributed by atoms with E-state index < -0.39 is 11.6 Å². The molecule has 0 N–H and O–H groups in total. The van der Waals surface area contributed by atoms with Crippen LogP contribution < -0.4 is 0 Å². The SMILES string of the molecule is Fc1ccc(CN2CCN(Cc3cccs3)CC2)cc1F. The molecule has 0 spiro atoms. The standard InChI is InChI=1S/C16H18F2N2S/c17-15-4-3-13(10-16(15)18)11-19-5-7-20(8-6-19)12-14-2-1-9-21-14/h1-4,9-10H,5-8,11-12H2. The molecule has 0 amide bonds. The molecule has 2 heterocycles. The minimum Gasteiger partial charge on any atom is -0.297 e. The van der Waals surface area contributed by atoms with Crippen molar-refractivity contribution in [3.63, 3.8) is 0 Å². The van der Waals surface area contributed by atoms with Crippen LogP contribution in [0.15, 0.2) is 35.7 Å². The predicted octanol–water partition coefficient (Wildman–Crippen LogP) is 3.34. The van der Waals surface area contributed by atoms with Gasteiger partial charge in [0.2, 0.25) is 0 Å². The lowest BCUT2D eigenvalue weighted by Crippen LogP contribution is -2.45. The van der Waals surface area contributed by atoms with Crippen LogP contribution >= 0.6 is 11.3 Å². The second kappa shape index (κ2) is 6.64. The lowest BCUT2D eigenvalue weighted by atomic mass is 10.2. The minimum atomic E-state index is -0.778. The van der Waals surface area contributed by atoms with Crippen LogP contribution in [0, 0.1) is 11.6 Å². The van der Waals surface area contributed by atoms with Gasteiger partial charge in [0.05, 0.1) is 0 Å². The van der Waals surface area contributed by atoms with Crippen molar-refractivity contribution in [2.24, 2.45) is 0 Å². The molecule has 3 rings (SSSR count). The van der Waals surface area contributed by atoms with Crippen LogP contribution in [-0.4, -0.2) is 36.0 Å². The van der Waals surface area contributed by atoms with Crippen molar-refractivity contribution < 1.29 is 8.78 Å². The average molecular weight is 308 g/mol. The first kappa shape index (κ1) is 14.6. The molecule has 0 saturated carbocycles. The molecule has 21 heavy (non-hydrogen) atoms. The van der Waals surface area contributed by atoms with Crippen LogP contribution in [0.3, 0.4) is 0 Å². The predicted molar refractivity (Wildman–Crippen MR) is 81.2 cm³/mol. The fourth-order valence-electron chi connectivity index (χ4n) is 2.62. The highest BCUT2D eigenvalue weighted by atomic mass is 32.1. The zero-order valence-electron chi connectivity index (χ0n) is 11.8. The van der Waals surface area contributed by atoms with Crippen molar-refractivity contribution in [3.05, 3.63) is 57.8 Å². The van der Waals surface area contributed by atoms with E-state index in [1.54, 1.807) is 17.4 Å². The van der Waals surface area contributed by atoms with Gasteiger partial charge in [0.15, 0.2) is 11.6 Å². The molecule has 0 unspecified atom stereocenters. The summed E-state index contributed by atoms with van der Waals surface area (Å²) in [5.74, 6) is -1.54. The summed E-state index contributed by atoms with van der Waals surface area (Å²) in [6.45, 7) is 5.65. The summed E-state index contributed by atoms with van der Waals surface area (Å²) >= 11 is 1.79. The Morgan fingerprint density at radius 2 is 1.62 bits per heavy atom. The lowest BCUT2D eigenvalue weighted by Gasteiger charge is -2.34. The highest BCUT2D eigenvalue weighted by Crippen LogP contribution is 2.15. The third kappa shape index (κ3) is 3.87. The summed E-state index contributed by atoms with van der Waals surface area (Å²) in [6, 6.07) is 8.42. The first-order valence-corrected chi connectivity index (χ1v) is 8.00. The van der Waals surface area contributed by atoms with Gasteiger partial charge in [0, 0.05) is 44.1 Å². The van der Waals surface area contributed by atoms with Crippen molar-refractivity contribution in [1.29, 1.82) is 0 Å². The zero-order valence-corrected chi connectivity index (χ0v) is 12.6. The topological polar surface area (TPSA) is 6.48 Å². The molecule has 1 aliphatic heterocycles. The average Bonchev–Trinajstić information content (AvgIpc) is 2.98. The summed E-state index contributed by atoms with van der Waals surface area (Å²) in [7, 11) is 0. The number of rotatable bonds is 4. The molecule has 1 saturated heterocycles. The van der Waals surface area contributed by atoms with E-state index in [2.05, 4.69) is 27.3 Å². The van der Waals surface area contributed by atoms with Crippen molar-refractivity contribution in [3.8, 4) is 0 Å². The second-order valence-corrected chi connectivity index (χ2v) is 6.41. The molecular weight excluding hydrogens is 290 g/mol. The number of halogens is 2. The van der Waals surface area contributed by atoms with E-state index in [9.17, 15) is 8.78 Å². The highest BCUT2D eigenvalue weighted by Gasteiger charge is 2.17. The number of hydrogen-bond donors (Lipinski definition) is 0. The van der Waals surface area contributed by atoms with Gasteiger partial charge in [0.25, 0.3) is 0 Å². The van der Waals surface area contributed by atoms with Crippen molar-refractivity contribution in [2.75, 3.05) is 26.2 Å². The molecule has 2 aromatic rings. The summed E-state index contributed by atoms with van der Waals surface area (Å²) in [4.78, 5) is 6.12. The quantitative estimate of drug-likeness (QED) is 0.855. The Kier molecular flexibility index (Phi) is 4.63. The van der Waals surface area contributed by atoms with Crippen LogP contribution in [-0.2, 0) is 13.1 Å². The molecule has 1 aliphatic rings. The molecule has 0 radical (unpaired) electrons. The number of piperazine rings is 1. The first-order valence-electron chi connectivity index (χ1n) is 7.12. The number of hydrogen-bond acceptors (Lipinski definition) is 3. The summed E-state index contributed by atoms with van der Waals surface area (Å²) in [5.41, 5.74) is 0.834. The Hall–Kier alpha value is -1.30. The number of thiophene rings is 1. The van der Waals surface area contributed by atoms with Crippen molar-refractivity contribution >= 4 is 11.3 Å². The Balaban J connectivity index is 1.50. The fraction of sp³-hybridized carbons (Fsp3) is 0.375. The zero-order chi connectivity index (χ0) is 14.7. The van der Waals surface area contributed by atoms with Gasteiger partial charge in [-0.05, 0) is 29.1 Å². The van der Waals surface area contributed by atoms with Crippen molar-refractivity contribution in [1.82, 2.24) is 9.80 Å². The third-order valence-electron chi connectivity index (χ3n) is 3.81. The van der Waals surface area contributed by atoms with Crippen LogP contribution in [0.1, 0.15) is 10.4 Å². The van der Waals surface area contributed by atoms with E-state index in [0.29, 0.717) is 6.54 Å². The maximum Gasteiger partial charge on any atom is 0.159 e. The molecule has 1 aromatic carbocycles. The molecular formula is C16H18F2N2S. The van der Waals surface area contributed by atoms with Crippen LogP contribution in [0.25, 0.3) is 0 Å².